The van der Waals surface area contributed by atoms with Gasteiger partial charge in [0, 0.05) is 11.5 Å². The highest BCUT2D eigenvalue weighted by molar-refractivity contribution is 6.09. The zero-order chi connectivity index (χ0) is 15.7. The van der Waals surface area contributed by atoms with E-state index in [9.17, 15) is 9.59 Å². The molecule has 1 aliphatic rings. The molecule has 22 heavy (non-hydrogen) atoms. The first-order valence-electron chi connectivity index (χ1n) is 7.57. The molecule has 114 valence electrons. The van der Waals surface area contributed by atoms with Crippen LogP contribution in [0.2, 0.25) is 0 Å². The van der Waals surface area contributed by atoms with Crippen LogP contribution in [0.4, 0.5) is 0 Å². The highest BCUT2D eigenvalue weighted by Crippen LogP contribution is 2.32. The van der Waals surface area contributed by atoms with E-state index in [0.29, 0.717) is 5.56 Å². The quantitative estimate of drug-likeness (QED) is 0.607. The van der Waals surface area contributed by atoms with Crippen LogP contribution in [0.1, 0.15) is 53.7 Å². The van der Waals surface area contributed by atoms with Gasteiger partial charge in [-0.1, -0.05) is 23.8 Å². The Hall–Kier alpha value is -2.30. The summed E-state index contributed by atoms with van der Waals surface area (Å²) in [6, 6.07) is 5.62. The maximum atomic E-state index is 12.5. The minimum atomic E-state index is -0.0997. The number of nitrogens with zero attached hydrogens (tertiary/aromatic N) is 3. The standard InChI is InChI=1S/C17H19N3O2/c1-11-3-6-14(17(22)8-16(21)13-4-5-13)15(7-11)12(2)20-10-18-9-19-20/h3,6-7,9-10,12-13H,4-5,8H2,1-2H3. The predicted octanol–water partition coefficient (Wildman–Crippen LogP) is 2.75. The molecular weight excluding hydrogens is 278 g/mol. The van der Waals surface area contributed by atoms with Crippen molar-refractivity contribution in [1.82, 2.24) is 14.8 Å². The van der Waals surface area contributed by atoms with E-state index >= 15 is 0 Å². The second-order valence-corrected chi connectivity index (χ2v) is 5.98. The Bertz CT molecular complexity index is 703. The normalized spacial score (nSPS) is 15.5. The molecule has 1 unspecified atom stereocenters. The maximum absolute atomic E-state index is 12.5. The van der Waals surface area contributed by atoms with Crippen molar-refractivity contribution in [3.8, 4) is 0 Å². The first kappa shape index (κ1) is 14.6. The zero-order valence-corrected chi connectivity index (χ0v) is 12.8. The summed E-state index contributed by atoms with van der Waals surface area (Å²) >= 11 is 0. The van der Waals surface area contributed by atoms with E-state index < -0.39 is 0 Å². The van der Waals surface area contributed by atoms with Crippen LogP contribution in [0, 0.1) is 12.8 Å². The number of aryl methyl sites for hydroxylation is 1. The first-order chi connectivity index (χ1) is 10.6. The molecule has 0 aliphatic heterocycles. The number of Topliss-reactive ketones (excluding diaryl/α,β-unsaturated/α-hetero) is 2. The van der Waals surface area contributed by atoms with E-state index in [1.807, 2.05) is 32.0 Å². The van der Waals surface area contributed by atoms with Crippen molar-refractivity contribution in [1.29, 1.82) is 0 Å². The van der Waals surface area contributed by atoms with Crippen LogP contribution >= 0.6 is 0 Å². The Balaban J connectivity index is 1.90. The highest BCUT2D eigenvalue weighted by atomic mass is 16.1. The van der Waals surface area contributed by atoms with Crippen LogP contribution in [0.25, 0.3) is 0 Å². The SMILES string of the molecule is Cc1ccc(C(=O)CC(=O)C2CC2)c(C(C)n2cncn2)c1. The van der Waals surface area contributed by atoms with E-state index in [4.69, 9.17) is 0 Å². The number of benzene rings is 1. The van der Waals surface area contributed by atoms with Crippen LogP contribution in [0.5, 0.6) is 0 Å². The summed E-state index contributed by atoms with van der Waals surface area (Å²) < 4.78 is 1.72. The van der Waals surface area contributed by atoms with Gasteiger partial charge in [0.25, 0.3) is 0 Å². The molecule has 0 radical (unpaired) electrons. The number of carbonyl (C=O) groups is 2. The lowest BCUT2D eigenvalue weighted by molar-refractivity contribution is -0.119. The lowest BCUT2D eigenvalue weighted by Crippen LogP contribution is -2.16. The molecule has 1 aromatic carbocycles. The molecule has 5 nitrogen and oxygen atoms in total. The third-order valence-corrected chi connectivity index (χ3v) is 4.16. The summed E-state index contributed by atoms with van der Waals surface area (Å²) in [7, 11) is 0. The van der Waals surface area contributed by atoms with Crippen molar-refractivity contribution in [3.63, 3.8) is 0 Å². The van der Waals surface area contributed by atoms with Gasteiger partial charge in [-0.05, 0) is 32.3 Å². The Kier molecular flexibility index (Phi) is 3.88. The molecule has 0 bridgehead atoms. The fraction of sp³-hybridized carbons (Fsp3) is 0.412. The molecule has 1 aromatic heterocycles. The smallest absolute Gasteiger partial charge is 0.170 e. The van der Waals surface area contributed by atoms with Crippen molar-refractivity contribution in [2.75, 3.05) is 0 Å². The van der Waals surface area contributed by atoms with Gasteiger partial charge in [-0.15, -0.1) is 0 Å². The van der Waals surface area contributed by atoms with E-state index in [-0.39, 0.29) is 29.9 Å². The number of aromatic nitrogens is 3. The van der Waals surface area contributed by atoms with Crippen LogP contribution in [-0.4, -0.2) is 26.3 Å². The van der Waals surface area contributed by atoms with Crippen molar-refractivity contribution in [2.24, 2.45) is 5.92 Å². The average molecular weight is 297 g/mol. The van der Waals surface area contributed by atoms with Gasteiger partial charge in [0.1, 0.15) is 18.4 Å². The molecule has 0 spiro atoms. The van der Waals surface area contributed by atoms with Crippen LogP contribution < -0.4 is 0 Å². The van der Waals surface area contributed by atoms with E-state index in [1.165, 1.54) is 6.33 Å². The topological polar surface area (TPSA) is 64.8 Å². The van der Waals surface area contributed by atoms with Gasteiger partial charge in [-0.2, -0.15) is 5.10 Å². The average Bonchev–Trinajstić information content (AvgIpc) is 3.21. The van der Waals surface area contributed by atoms with Gasteiger partial charge < -0.3 is 0 Å². The van der Waals surface area contributed by atoms with E-state index in [1.54, 1.807) is 11.0 Å². The molecule has 1 saturated carbocycles. The molecule has 1 atom stereocenters. The highest BCUT2D eigenvalue weighted by Gasteiger charge is 2.31. The minimum absolute atomic E-state index is 0.00477. The summed E-state index contributed by atoms with van der Waals surface area (Å²) in [5.41, 5.74) is 2.58. The lowest BCUT2D eigenvalue weighted by atomic mass is 9.93. The van der Waals surface area contributed by atoms with Gasteiger partial charge >= 0.3 is 0 Å². The number of carbonyl (C=O) groups excluding carboxylic acids is 2. The van der Waals surface area contributed by atoms with Gasteiger partial charge in [-0.25, -0.2) is 9.67 Å². The number of ketones is 2. The Morgan fingerprint density at radius 2 is 2.14 bits per heavy atom. The third kappa shape index (κ3) is 2.98. The Morgan fingerprint density at radius 3 is 2.77 bits per heavy atom. The van der Waals surface area contributed by atoms with Crippen LogP contribution in [-0.2, 0) is 4.79 Å². The molecule has 2 aromatic rings. The molecule has 1 aliphatic carbocycles. The fourth-order valence-electron chi connectivity index (χ4n) is 2.64. The molecule has 1 fully saturated rings. The summed E-state index contributed by atoms with van der Waals surface area (Å²) in [6.07, 6.45) is 4.98. The van der Waals surface area contributed by atoms with Gasteiger partial charge in [0.05, 0.1) is 12.5 Å². The summed E-state index contributed by atoms with van der Waals surface area (Å²) in [5, 5.41) is 4.15. The van der Waals surface area contributed by atoms with E-state index in [2.05, 4.69) is 10.1 Å². The van der Waals surface area contributed by atoms with Gasteiger partial charge in [0.2, 0.25) is 0 Å². The van der Waals surface area contributed by atoms with Crippen molar-refractivity contribution in [2.45, 2.75) is 39.2 Å². The molecule has 0 N–H and O–H groups in total. The molecule has 5 heteroatoms. The predicted molar refractivity (Wildman–Crippen MR) is 81.7 cm³/mol. The summed E-state index contributed by atoms with van der Waals surface area (Å²) in [6.45, 7) is 3.96. The third-order valence-electron chi connectivity index (χ3n) is 4.16. The Morgan fingerprint density at radius 1 is 1.36 bits per heavy atom. The van der Waals surface area contributed by atoms with Crippen molar-refractivity contribution < 1.29 is 9.59 Å². The van der Waals surface area contributed by atoms with Crippen LogP contribution in [0.15, 0.2) is 30.9 Å². The lowest BCUT2D eigenvalue weighted by Gasteiger charge is -2.16. The maximum Gasteiger partial charge on any atom is 0.170 e. The van der Waals surface area contributed by atoms with Gasteiger partial charge in [-0.3, -0.25) is 9.59 Å². The molecule has 0 saturated heterocycles. The number of hydrogen-bond acceptors (Lipinski definition) is 4. The first-order valence-corrected chi connectivity index (χ1v) is 7.57. The number of rotatable bonds is 6. The van der Waals surface area contributed by atoms with Crippen molar-refractivity contribution in [3.05, 3.63) is 47.5 Å². The summed E-state index contributed by atoms with van der Waals surface area (Å²) in [4.78, 5) is 28.4. The van der Waals surface area contributed by atoms with E-state index in [0.717, 1.165) is 24.0 Å². The Labute approximate surface area is 129 Å². The van der Waals surface area contributed by atoms with Crippen LogP contribution in [0.3, 0.4) is 0 Å². The molecular formula is C17H19N3O2. The largest absolute Gasteiger partial charge is 0.299 e. The van der Waals surface area contributed by atoms with Crippen molar-refractivity contribution >= 4 is 11.6 Å². The zero-order valence-electron chi connectivity index (χ0n) is 12.8. The van der Waals surface area contributed by atoms with Gasteiger partial charge in [0.15, 0.2) is 5.78 Å². The monoisotopic (exact) mass is 297 g/mol. The molecule has 0 amide bonds. The molecule has 3 rings (SSSR count). The molecule has 1 heterocycles. The number of hydrogen-bond donors (Lipinski definition) is 0. The fourth-order valence-corrected chi connectivity index (χ4v) is 2.64. The minimum Gasteiger partial charge on any atom is -0.299 e. The summed E-state index contributed by atoms with van der Waals surface area (Å²) in [5.74, 6) is 0.0920. The second-order valence-electron chi connectivity index (χ2n) is 5.98. The second kappa shape index (κ2) is 5.83.